The zero-order valence-corrected chi connectivity index (χ0v) is 79.5. The second-order valence-corrected chi connectivity index (χ2v) is 39.1. The molecular weight excluding hydrogens is 1950 g/mol. The Morgan fingerprint density at radius 1 is 0.360 bits per heavy atom. The molecule has 21 aromatic rings. The van der Waals surface area contributed by atoms with E-state index in [0.717, 1.165) is 152 Å². The maximum absolute atomic E-state index is 12.5. The van der Waals surface area contributed by atoms with Gasteiger partial charge in [0, 0.05) is 154 Å². The molecule has 0 saturated heterocycles. The van der Waals surface area contributed by atoms with E-state index in [1.807, 2.05) is 165 Å². The maximum atomic E-state index is 12.5. The summed E-state index contributed by atoms with van der Waals surface area (Å²) in [6.45, 7) is 3.96. The Bertz CT molecular complexity index is 8190. The van der Waals surface area contributed by atoms with Crippen molar-refractivity contribution in [3.05, 3.63) is 281 Å². The van der Waals surface area contributed by atoms with E-state index in [0.29, 0.717) is 72.6 Å². The SMILES string of the molecule is COC(=O)CSc1cc(/C=N/O)nc2c1ccc1cccnc12.Cc1cnc(Sc2cc(/C=N/O)nc3c2ccc2cccnc23)s1.Cc1nnc(Sc2cc(/C=N/O)nc3c2ccc2cccnc23)s1.O/N=C/c1cc(SCC(F)(F)F)c2ccc3cccnc3c2n1.O/N=C/c1cc(Sc2nccs2)c2ccc3cccnc3c2n1.O=C(O)CSc1cc(/C=N/O)nc2c1ccc1cccnc12. The van der Waals surface area contributed by atoms with Gasteiger partial charge in [0.05, 0.1) is 162 Å². The molecule has 0 aliphatic heterocycles. The van der Waals surface area contributed by atoms with Gasteiger partial charge in [-0.15, -0.1) is 68.2 Å². The molecule has 15 aromatic heterocycles. The van der Waals surface area contributed by atoms with Gasteiger partial charge in [-0.25, -0.2) is 39.9 Å². The van der Waals surface area contributed by atoms with Crippen LogP contribution in [0.25, 0.3) is 131 Å². The number of carbonyl (C=O) groups excluding carboxylic acids is 1. The molecule has 0 aliphatic carbocycles. The van der Waals surface area contributed by atoms with Crippen LogP contribution in [-0.4, -0.2) is 196 Å². The van der Waals surface area contributed by atoms with Crippen LogP contribution in [0.1, 0.15) is 44.0 Å². The van der Waals surface area contributed by atoms with Crippen LogP contribution < -0.4 is 0 Å². The molecule has 44 heteroatoms. The van der Waals surface area contributed by atoms with Crippen molar-refractivity contribution in [3.8, 4) is 0 Å². The minimum atomic E-state index is -4.28. The lowest BCUT2D eigenvalue weighted by Crippen LogP contribution is -2.10. The zero-order chi connectivity index (χ0) is 96.9. The standard InChI is InChI=1S/C17H12N4OS2.C16H11N5OS2.C16H10N4OS2.C16H13N3O3S.C15H10F3N3OS.C15H11N3O3S/c1-10-8-19-17(23-10)24-14-7-12(9-20-22)21-16-13(14)5-4-11-3-2-6-18-15(11)16;1-9-20-21-16(23-9)24-13-7-11(8-18-22)19-15-12(13)5-4-10-3-2-6-17-14(10)15;21-19-9-11-8-13(23-16-18-6-7-22-16)12-4-3-10-2-1-5-17-14(10)15(12)20-11;1-22-14(20)9-23-13-7-11(8-18-21)19-16-12(13)5-4-10-3-2-6-17-15(10)16;16-15(17,18)8-23-12-6-10(7-20-22)21-14-11(12)4-3-9-2-1-5-19-13(9)14;19-13(20)8-22-12-6-10(7-17-21)18-15-11(12)4-3-9-2-1-5-16-14(9)15/h2-9,22H,1H3;2-8,22H,1H3;1-9,21H;2-8,21H,9H2,1H3;1-7,22H,8H2;1-7,21H,8H2,(H,19,20)/b20-9+;18-8+;19-9+;18-8+;20-7+;17-7+. The number of oxime groups is 6. The highest BCUT2D eigenvalue weighted by atomic mass is 32.2. The highest BCUT2D eigenvalue weighted by Gasteiger charge is 2.29. The number of rotatable bonds is 20. The number of methoxy groups -OCH3 is 1. The lowest BCUT2D eigenvalue weighted by molar-refractivity contribution is -0.137. The van der Waals surface area contributed by atoms with Crippen molar-refractivity contribution >= 4 is 285 Å². The molecule has 0 bridgehead atoms. The van der Waals surface area contributed by atoms with Crippen LogP contribution >= 0.6 is 105 Å². The molecule has 7 N–H and O–H groups in total. The van der Waals surface area contributed by atoms with Gasteiger partial charge in [-0.3, -0.25) is 39.5 Å². The van der Waals surface area contributed by atoms with Crippen molar-refractivity contribution in [1.82, 2.24) is 80.0 Å². The van der Waals surface area contributed by atoms with Crippen LogP contribution in [0.3, 0.4) is 0 Å². The average Bonchev–Trinajstić information content (AvgIpc) is 1.32. The number of fused-ring (bicyclic) bond motifs is 18. The van der Waals surface area contributed by atoms with Crippen molar-refractivity contribution < 1.29 is 63.8 Å². The monoisotopic (exact) mass is 2020 g/mol. The van der Waals surface area contributed by atoms with E-state index in [4.69, 9.17) is 36.4 Å². The number of carboxylic acids is 1. The Morgan fingerprint density at radius 3 is 0.935 bits per heavy atom. The number of thioether (sulfide) groups is 3. The van der Waals surface area contributed by atoms with Gasteiger partial charge in [-0.1, -0.05) is 187 Å². The van der Waals surface area contributed by atoms with Crippen molar-refractivity contribution in [1.29, 1.82) is 0 Å². The van der Waals surface area contributed by atoms with Gasteiger partial charge in [-0.2, -0.15) is 13.2 Å². The molecule has 0 fully saturated rings. The molecule has 0 saturated carbocycles. The zero-order valence-electron chi connectivity index (χ0n) is 72.1. The molecule has 6 aromatic carbocycles. The van der Waals surface area contributed by atoms with E-state index in [9.17, 15) is 22.8 Å². The fourth-order valence-electron chi connectivity index (χ4n) is 14.0. The number of halogens is 3. The van der Waals surface area contributed by atoms with E-state index < -0.39 is 17.9 Å². The summed E-state index contributed by atoms with van der Waals surface area (Å²) in [6.07, 6.45) is 17.1. The van der Waals surface area contributed by atoms with E-state index in [1.54, 1.807) is 120 Å². The van der Waals surface area contributed by atoms with E-state index in [-0.39, 0.29) is 23.2 Å². The number of aryl methyl sites for hydroxylation is 2. The topological polar surface area (TPSA) is 465 Å². The number of esters is 1. The highest BCUT2D eigenvalue weighted by Crippen LogP contribution is 2.43. The molecule has 0 amide bonds. The van der Waals surface area contributed by atoms with Crippen molar-refractivity contribution in [2.24, 2.45) is 30.9 Å². The van der Waals surface area contributed by atoms with Gasteiger partial charge in [0.25, 0.3) is 0 Å². The number of carboxylic acid groups (broad SMARTS) is 1. The van der Waals surface area contributed by atoms with Crippen LogP contribution in [0.4, 0.5) is 13.2 Å². The Kier molecular flexibility index (Phi) is 31.7. The third kappa shape index (κ3) is 23.9. The fourth-order valence-corrected chi connectivity index (χ4v) is 22.3. The molecule has 32 nitrogen and oxygen atoms in total. The molecule has 0 radical (unpaired) electrons. The lowest BCUT2D eigenvalue weighted by atomic mass is 10.1. The average molecular weight is 2020 g/mol. The highest BCUT2D eigenvalue weighted by molar-refractivity contribution is 8.02. The number of alkyl halides is 3. The van der Waals surface area contributed by atoms with E-state index >= 15 is 0 Å². The number of carbonyl (C=O) groups is 2. The predicted octanol–water partition coefficient (Wildman–Crippen LogP) is 22.5. The van der Waals surface area contributed by atoms with Gasteiger partial charge >= 0.3 is 18.1 Å². The van der Waals surface area contributed by atoms with Gasteiger partial charge < -0.3 is 41.1 Å². The van der Waals surface area contributed by atoms with Crippen molar-refractivity contribution in [3.63, 3.8) is 0 Å². The molecule has 0 unspecified atom stereocenters. The summed E-state index contributed by atoms with van der Waals surface area (Å²) in [5.74, 6) is -2.09. The summed E-state index contributed by atoms with van der Waals surface area (Å²) in [6, 6.07) is 57.0. The van der Waals surface area contributed by atoms with Gasteiger partial charge in [0.15, 0.2) is 13.0 Å². The lowest BCUT2D eigenvalue weighted by Gasteiger charge is -2.10. The second kappa shape index (κ2) is 45.6. The second-order valence-electron chi connectivity index (χ2n) is 28.8. The number of aliphatic carboxylic acids is 1. The quantitative estimate of drug-likeness (QED) is 0.00930. The summed E-state index contributed by atoms with van der Waals surface area (Å²) in [7, 11) is 1.36. The number of benzene rings is 6. The normalized spacial score (nSPS) is 11.7. The number of hydrogen-bond acceptors (Lipinski definition) is 40. The van der Waals surface area contributed by atoms with Gasteiger partial charge in [0.1, 0.15) is 5.01 Å². The van der Waals surface area contributed by atoms with E-state index in [1.165, 1.54) is 95.7 Å². The van der Waals surface area contributed by atoms with Gasteiger partial charge in [-0.05, 0) is 86.6 Å². The minimum Gasteiger partial charge on any atom is -0.481 e. The first-order chi connectivity index (χ1) is 67.7. The van der Waals surface area contributed by atoms with Crippen LogP contribution in [0.15, 0.2) is 310 Å². The first kappa shape index (κ1) is 96.8. The van der Waals surface area contributed by atoms with Gasteiger partial charge in [0.2, 0.25) is 0 Å². The maximum Gasteiger partial charge on any atom is 0.398 e. The number of hydrogen-bond donors (Lipinski definition) is 7. The van der Waals surface area contributed by atoms with Crippen LogP contribution in [0.5, 0.6) is 0 Å². The minimum absolute atomic E-state index is 0.0604. The van der Waals surface area contributed by atoms with Crippen LogP contribution in [-0.2, 0) is 14.3 Å². The number of ether oxygens (including phenoxy) is 1. The third-order valence-electron chi connectivity index (χ3n) is 19.8. The van der Waals surface area contributed by atoms with Crippen molar-refractivity contribution in [2.75, 3.05) is 24.4 Å². The number of pyridine rings is 12. The Labute approximate surface area is 820 Å². The number of aromatic nitrogens is 16. The molecular formula is C95H67F3N22O10S9. The van der Waals surface area contributed by atoms with Crippen molar-refractivity contribution in [2.45, 2.75) is 62.4 Å². The summed E-state index contributed by atoms with van der Waals surface area (Å²) in [5, 5.41) is 102. The van der Waals surface area contributed by atoms with Crippen LogP contribution in [0, 0.1) is 13.8 Å². The predicted molar refractivity (Wildman–Crippen MR) is 542 cm³/mol. The molecule has 0 spiro atoms. The number of thiazole rings is 2. The Morgan fingerprint density at radius 2 is 0.662 bits per heavy atom. The Balaban J connectivity index is 0.000000120. The fraction of sp³-hybridized carbons (Fsp3) is 0.0737. The molecule has 0 atom stereocenters. The first-order valence-corrected chi connectivity index (χ1v) is 48.7. The van der Waals surface area contributed by atoms with Crippen LogP contribution in [0.2, 0.25) is 0 Å². The number of nitrogens with zero attached hydrogens (tertiary/aromatic N) is 22. The molecule has 139 heavy (non-hydrogen) atoms. The molecule has 15 heterocycles. The summed E-state index contributed by atoms with van der Waals surface area (Å²) < 4.78 is 45.0. The van der Waals surface area contributed by atoms with E-state index in [2.05, 4.69) is 122 Å². The smallest absolute Gasteiger partial charge is 0.398 e. The molecule has 692 valence electrons. The summed E-state index contributed by atoms with van der Waals surface area (Å²) in [5.41, 5.74) is 11.7. The first-order valence-electron chi connectivity index (χ1n) is 40.8. The molecule has 0 aliphatic rings. The summed E-state index contributed by atoms with van der Waals surface area (Å²) in [4.78, 5) is 90.6. The Hall–Kier alpha value is -15.3. The molecule has 21 rings (SSSR count). The summed E-state index contributed by atoms with van der Waals surface area (Å²) >= 11 is 12.6. The largest absolute Gasteiger partial charge is 0.481 e. The third-order valence-corrected chi connectivity index (χ3v) is 28.9.